The fraction of sp³-hybridized carbons (Fsp3) is 0.200. The van der Waals surface area contributed by atoms with E-state index in [0.717, 1.165) is 22.5 Å². The van der Waals surface area contributed by atoms with Gasteiger partial charge in [-0.25, -0.2) is 0 Å². The van der Waals surface area contributed by atoms with Gasteiger partial charge in [0.05, 0.1) is 8.07 Å². The van der Waals surface area contributed by atoms with Crippen LogP contribution in [-0.2, 0) is 20.1 Å². The van der Waals surface area contributed by atoms with Crippen LogP contribution in [0.1, 0.15) is 39.2 Å². The quantitative estimate of drug-likeness (QED) is 0.0981. The molecule has 4 heteroatoms. The van der Waals surface area contributed by atoms with Crippen LogP contribution >= 0.6 is 0 Å². The SMILES string of the molecule is CC(c1cc(-c2[c-]cccc2)ncc1[Si](C)(C)C)C(C)(C)C.[Ir].[c-]1cc2ccc3ccccc3c2cc1-c1cc(-c2ccccc2)ccn1. The number of fused-ring (bicyclic) bond motifs is 3. The Hall–Kier alpha value is -4.21. The van der Waals surface area contributed by atoms with Gasteiger partial charge in [-0.05, 0) is 55.9 Å². The summed E-state index contributed by atoms with van der Waals surface area (Å²) in [7, 11) is -1.42. The van der Waals surface area contributed by atoms with Gasteiger partial charge in [-0.2, -0.15) is 0 Å². The van der Waals surface area contributed by atoms with Crippen LogP contribution < -0.4 is 5.19 Å². The van der Waals surface area contributed by atoms with Gasteiger partial charge in [-0.1, -0.05) is 143 Å². The maximum atomic E-state index is 4.74. The fourth-order valence-corrected chi connectivity index (χ4v) is 7.71. The van der Waals surface area contributed by atoms with Crippen molar-refractivity contribution < 1.29 is 20.1 Å². The minimum atomic E-state index is -1.42. The van der Waals surface area contributed by atoms with E-state index in [-0.39, 0.29) is 25.5 Å². The third-order valence-electron chi connectivity index (χ3n) is 9.31. The van der Waals surface area contributed by atoms with E-state index in [1.807, 2.05) is 30.5 Å². The molecule has 1 unspecified atom stereocenters. The molecule has 0 saturated heterocycles. The summed E-state index contributed by atoms with van der Waals surface area (Å²) in [6.45, 7) is 16.5. The van der Waals surface area contributed by atoms with Crippen LogP contribution in [0.25, 0.3) is 55.2 Å². The second kappa shape index (κ2) is 15.1. The van der Waals surface area contributed by atoms with E-state index in [9.17, 15) is 0 Å². The Balaban J connectivity index is 0.000000190. The maximum Gasteiger partial charge on any atom is 0.0799 e. The van der Waals surface area contributed by atoms with Gasteiger partial charge in [0.15, 0.2) is 0 Å². The number of benzene rings is 5. The predicted molar refractivity (Wildman–Crippen MR) is 208 cm³/mol. The molecule has 249 valence electrons. The molecule has 2 nitrogen and oxygen atoms in total. The van der Waals surface area contributed by atoms with Crippen LogP contribution in [0.4, 0.5) is 0 Å². The van der Waals surface area contributed by atoms with Crippen molar-refractivity contribution in [1.29, 1.82) is 0 Å². The van der Waals surface area contributed by atoms with E-state index < -0.39 is 8.07 Å². The van der Waals surface area contributed by atoms with Gasteiger partial charge in [0.25, 0.3) is 0 Å². The van der Waals surface area contributed by atoms with Crippen LogP contribution in [0.15, 0.2) is 134 Å². The zero-order chi connectivity index (χ0) is 33.9. The van der Waals surface area contributed by atoms with Crippen molar-refractivity contribution in [2.75, 3.05) is 0 Å². The molecule has 0 aliphatic rings. The standard InChI is InChI=1S/C25H16N.C20H28NSi.Ir/c1-2-6-18(7-3-1)21-14-15-26-25(17-21)22-13-12-20-11-10-19-8-4-5-9-23(19)24(20)16-22;1-15(20(2,3)4)17-13-18(16-11-9-8-10-12-16)21-14-19(17)22(5,6)7;/h1-12,14-17H;8-11,13-15H,1-7H3;/q2*-1;. The molecule has 7 aromatic rings. The minimum Gasteiger partial charge on any atom is -0.305 e. The summed E-state index contributed by atoms with van der Waals surface area (Å²) >= 11 is 0. The van der Waals surface area contributed by atoms with E-state index in [1.54, 1.807) is 0 Å². The van der Waals surface area contributed by atoms with Gasteiger partial charge in [-0.15, -0.1) is 59.7 Å². The fourth-order valence-electron chi connectivity index (χ4n) is 6.10. The number of aromatic nitrogens is 2. The molecule has 0 saturated carbocycles. The minimum absolute atomic E-state index is 0. The Kier molecular flexibility index (Phi) is 11.1. The van der Waals surface area contributed by atoms with Crippen LogP contribution in [0.5, 0.6) is 0 Å². The molecule has 2 aromatic heterocycles. The van der Waals surface area contributed by atoms with Gasteiger partial charge in [0.2, 0.25) is 0 Å². The topological polar surface area (TPSA) is 25.8 Å². The van der Waals surface area contributed by atoms with Crippen LogP contribution in [-0.4, -0.2) is 18.0 Å². The van der Waals surface area contributed by atoms with Crippen LogP contribution in [0.3, 0.4) is 0 Å². The number of hydrogen-bond donors (Lipinski definition) is 0. The number of pyridine rings is 2. The van der Waals surface area contributed by atoms with E-state index in [2.05, 4.69) is 168 Å². The van der Waals surface area contributed by atoms with Gasteiger partial charge < -0.3 is 9.97 Å². The second-order valence-electron chi connectivity index (χ2n) is 14.7. The summed E-state index contributed by atoms with van der Waals surface area (Å²) in [6, 6.07) is 48.8. The molecule has 5 aromatic carbocycles. The first-order valence-electron chi connectivity index (χ1n) is 16.8. The number of hydrogen-bond acceptors (Lipinski definition) is 2. The third-order valence-corrected chi connectivity index (χ3v) is 11.3. The van der Waals surface area contributed by atoms with Crippen molar-refractivity contribution in [2.24, 2.45) is 5.41 Å². The molecule has 7 rings (SSSR count). The molecule has 0 fully saturated rings. The molecule has 1 atom stereocenters. The molecular formula is C45H44IrN2Si-2. The smallest absolute Gasteiger partial charge is 0.0799 e. The van der Waals surface area contributed by atoms with Gasteiger partial charge in [0.1, 0.15) is 0 Å². The first kappa shape index (κ1) is 36.1. The van der Waals surface area contributed by atoms with E-state index in [0.29, 0.717) is 5.92 Å². The zero-order valence-electron chi connectivity index (χ0n) is 29.5. The van der Waals surface area contributed by atoms with Crippen molar-refractivity contribution in [1.82, 2.24) is 9.97 Å². The predicted octanol–water partition coefficient (Wildman–Crippen LogP) is 11.8. The summed E-state index contributed by atoms with van der Waals surface area (Å²) in [5.74, 6) is 0.500. The largest absolute Gasteiger partial charge is 0.305 e. The zero-order valence-corrected chi connectivity index (χ0v) is 32.9. The second-order valence-corrected chi connectivity index (χ2v) is 19.7. The third kappa shape index (κ3) is 8.33. The molecule has 0 N–H and O–H groups in total. The van der Waals surface area contributed by atoms with Gasteiger partial charge in [-0.3, -0.25) is 0 Å². The molecule has 2 heterocycles. The van der Waals surface area contributed by atoms with E-state index in [4.69, 9.17) is 4.98 Å². The number of rotatable bonds is 5. The average Bonchev–Trinajstić information content (AvgIpc) is 3.11. The monoisotopic (exact) mass is 833 g/mol. The maximum absolute atomic E-state index is 4.74. The van der Waals surface area contributed by atoms with Crippen LogP contribution in [0, 0.1) is 17.5 Å². The van der Waals surface area contributed by atoms with Crippen LogP contribution in [0.2, 0.25) is 19.6 Å². The Morgan fingerprint density at radius 1 is 0.633 bits per heavy atom. The van der Waals surface area contributed by atoms with Crippen molar-refractivity contribution in [2.45, 2.75) is 53.3 Å². The molecular weight excluding hydrogens is 789 g/mol. The number of nitrogens with zero attached hydrogens (tertiary/aromatic N) is 2. The Bertz CT molecular complexity index is 2160. The first-order valence-corrected chi connectivity index (χ1v) is 20.3. The molecule has 0 bridgehead atoms. The Morgan fingerprint density at radius 2 is 1.33 bits per heavy atom. The summed E-state index contributed by atoms with van der Waals surface area (Å²) < 4.78 is 0. The van der Waals surface area contributed by atoms with Crippen molar-refractivity contribution in [3.8, 4) is 33.6 Å². The molecule has 0 aliphatic carbocycles. The molecule has 0 spiro atoms. The summed E-state index contributed by atoms with van der Waals surface area (Å²) in [6.07, 6.45) is 4.00. The van der Waals surface area contributed by atoms with Crippen molar-refractivity contribution in [3.05, 3.63) is 151 Å². The van der Waals surface area contributed by atoms with E-state index in [1.165, 1.54) is 43.4 Å². The molecule has 0 aliphatic heterocycles. The first-order chi connectivity index (χ1) is 23.0. The van der Waals surface area contributed by atoms with Crippen molar-refractivity contribution in [3.63, 3.8) is 0 Å². The normalized spacial score (nSPS) is 12.1. The molecule has 0 amide bonds. The van der Waals surface area contributed by atoms with Gasteiger partial charge >= 0.3 is 0 Å². The summed E-state index contributed by atoms with van der Waals surface area (Å²) in [4.78, 5) is 9.33. The average molecular weight is 833 g/mol. The summed E-state index contributed by atoms with van der Waals surface area (Å²) in [5.41, 5.74) is 8.15. The van der Waals surface area contributed by atoms with Crippen molar-refractivity contribution >= 4 is 34.8 Å². The summed E-state index contributed by atoms with van der Waals surface area (Å²) in [5, 5.41) is 6.44. The van der Waals surface area contributed by atoms with E-state index >= 15 is 0 Å². The Labute approximate surface area is 307 Å². The Morgan fingerprint density at radius 3 is 2.04 bits per heavy atom. The molecule has 49 heavy (non-hydrogen) atoms. The molecule has 1 radical (unpaired) electrons. The van der Waals surface area contributed by atoms with Gasteiger partial charge in [0, 0.05) is 32.5 Å².